The monoisotopic (exact) mass is 289 g/mol. The highest BCUT2D eigenvalue weighted by molar-refractivity contribution is 6.07. The van der Waals surface area contributed by atoms with Gasteiger partial charge in [-0.05, 0) is 41.0 Å². The van der Waals surface area contributed by atoms with Crippen LogP contribution in [0.4, 0.5) is 0 Å². The van der Waals surface area contributed by atoms with Crippen molar-refractivity contribution in [1.29, 1.82) is 0 Å². The van der Waals surface area contributed by atoms with Crippen LogP contribution in [0.15, 0.2) is 60.7 Å². The summed E-state index contributed by atoms with van der Waals surface area (Å²) < 4.78 is 0. The van der Waals surface area contributed by atoms with Crippen molar-refractivity contribution in [2.24, 2.45) is 0 Å². The number of carbonyl (C=O) groups excluding carboxylic acids is 1. The van der Waals surface area contributed by atoms with Gasteiger partial charge in [-0.1, -0.05) is 54.1 Å². The fourth-order valence-corrected chi connectivity index (χ4v) is 2.64. The van der Waals surface area contributed by atoms with Crippen LogP contribution < -0.4 is 0 Å². The molecule has 0 N–H and O–H groups in total. The smallest absolute Gasteiger partial charge is 0.253 e. The molecule has 0 fully saturated rings. The van der Waals surface area contributed by atoms with Crippen molar-refractivity contribution >= 4 is 16.7 Å². The molecule has 0 unspecified atom stereocenters. The minimum Gasteiger partial charge on any atom is -0.345 e. The molecule has 0 aromatic heterocycles. The van der Waals surface area contributed by atoms with Gasteiger partial charge < -0.3 is 4.90 Å². The van der Waals surface area contributed by atoms with Gasteiger partial charge in [-0.15, -0.1) is 0 Å². The first-order valence-electron chi connectivity index (χ1n) is 7.38. The molecule has 0 saturated carbocycles. The number of hydrogen-bond donors (Lipinski definition) is 0. The Labute approximate surface area is 131 Å². The number of fused-ring (bicyclic) bond motifs is 1. The Hall–Kier alpha value is -2.61. The van der Waals surface area contributed by atoms with E-state index in [1.807, 2.05) is 18.2 Å². The molecule has 0 radical (unpaired) electrons. The predicted octanol–water partition coefficient (Wildman–Crippen LogP) is 4.52. The summed E-state index contributed by atoms with van der Waals surface area (Å²) in [6.07, 6.45) is 0. The van der Waals surface area contributed by atoms with Crippen molar-refractivity contribution in [1.82, 2.24) is 4.90 Å². The first-order chi connectivity index (χ1) is 10.6. The number of hydrogen-bond acceptors (Lipinski definition) is 1. The quantitative estimate of drug-likeness (QED) is 0.679. The van der Waals surface area contributed by atoms with E-state index < -0.39 is 0 Å². The zero-order valence-electron chi connectivity index (χ0n) is 13.1. The molecule has 0 heterocycles. The Morgan fingerprint density at radius 2 is 1.55 bits per heavy atom. The van der Waals surface area contributed by atoms with Crippen molar-refractivity contribution in [2.45, 2.75) is 6.92 Å². The van der Waals surface area contributed by atoms with E-state index in [0.717, 1.165) is 16.3 Å². The summed E-state index contributed by atoms with van der Waals surface area (Å²) in [6.45, 7) is 2.09. The van der Waals surface area contributed by atoms with Crippen molar-refractivity contribution in [3.05, 3.63) is 71.8 Å². The van der Waals surface area contributed by atoms with Crippen LogP contribution in [0.5, 0.6) is 0 Å². The Bertz CT molecular complexity index is 832. The average Bonchev–Trinajstić information content (AvgIpc) is 2.53. The lowest BCUT2D eigenvalue weighted by Gasteiger charge is -2.13. The van der Waals surface area contributed by atoms with Crippen LogP contribution in [-0.4, -0.2) is 24.9 Å². The van der Waals surface area contributed by atoms with Crippen LogP contribution in [-0.2, 0) is 0 Å². The predicted molar refractivity (Wildman–Crippen MR) is 92.1 cm³/mol. The van der Waals surface area contributed by atoms with Crippen molar-refractivity contribution < 1.29 is 4.79 Å². The van der Waals surface area contributed by atoms with Crippen LogP contribution >= 0.6 is 0 Å². The van der Waals surface area contributed by atoms with E-state index in [1.54, 1.807) is 19.0 Å². The molecule has 22 heavy (non-hydrogen) atoms. The summed E-state index contributed by atoms with van der Waals surface area (Å²) >= 11 is 0. The SMILES string of the molecule is Cc1ccc(-c2ccc3c(C(=O)N(C)C)cccc3c2)cc1. The van der Waals surface area contributed by atoms with E-state index >= 15 is 0 Å². The number of aryl methyl sites for hydroxylation is 1. The second-order valence-electron chi connectivity index (χ2n) is 5.81. The van der Waals surface area contributed by atoms with Crippen LogP contribution in [0, 0.1) is 6.92 Å². The van der Waals surface area contributed by atoms with Crippen molar-refractivity contribution in [3.63, 3.8) is 0 Å². The molecule has 3 aromatic rings. The molecule has 0 saturated heterocycles. The third kappa shape index (κ3) is 2.60. The highest BCUT2D eigenvalue weighted by Crippen LogP contribution is 2.27. The highest BCUT2D eigenvalue weighted by atomic mass is 16.2. The molecule has 0 aliphatic rings. The average molecular weight is 289 g/mol. The molecule has 2 nitrogen and oxygen atoms in total. The van der Waals surface area contributed by atoms with E-state index in [-0.39, 0.29) is 5.91 Å². The van der Waals surface area contributed by atoms with E-state index in [9.17, 15) is 4.79 Å². The summed E-state index contributed by atoms with van der Waals surface area (Å²) in [5, 5.41) is 2.09. The van der Waals surface area contributed by atoms with E-state index in [1.165, 1.54) is 16.7 Å². The molecule has 0 bridgehead atoms. The van der Waals surface area contributed by atoms with Gasteiger partial charge in [0.1, 0.15) is 0 Å². The first-order valence-corrected chi connectivity index (χ1v) is 7.38. The number of carbonyl (C=O) groups is 1. The molecular formula is C20H19NO. The maximum atomic E-state index is 12.3. The number of amides is 1. The molecular weight excluding hydrogens is 270 g/mol. The molecule has 0 atom stereocenters. The van der Waals surface area contributed by atoms with E-state index in [0.29, 0.717) is 0 Å². The maximum Gasteiger partial charge on any atom is 0.253 e. The van der Waals surface area contributed by atoms with Crippen molar-refractivity contribution in [2.75, 3.05) is 14.1 Å². The molecule has 2 heteroatoms. The van der Waals surface area contributed by atoms with Gasteiger partial charge in [-0.3, -0.25) is 4.79 Å². The van der Waals surface area contributed by atoms with E-state index in [4.69, 9.17) is 0 Å². The number of nitrogens with zero attached hydrogens (tertiary/aromatic N) is 1. The van der Waals surface area contributed by atoms with Gasteiger partial charge in [-0.2, -0.15) is 0 Å². The lowest BCUT2D eigenvalue weighted by molar-refractivity contribution is 0.0829. The second-order valence-corrected chi connectivity index (χ2v) is 5.81. The molecule has 110 valence electrons. The number of benzene rings is 3. The Morgan fingerprint density at radius 1 is 0.864 bits per heavy atom. The van der Waals surface area contributed by atoms with Gasteiger partial charge in [0.15, 0.2) is 0 Å². The Balaban J connectivity index is 2.12. The summed E-state index contributed by atoms with van der Waals surface area (Å²) in [5.41, 5.74) is 4.36. The van der Waals surface area contributed by atoms with E-state index in [2.05, 4.69) is 49.4 Å². The standard InChI is InChI=1S/C20H19NO/c1-14-7-9-15(10-8-14)16-11-12-18-17(13-16)5-4-6-19(18)20(22)21(2)3/h4-13H,1-3H3. The second kappa shape index (κ2) is 5.64. The zero-order valence-corrected chi connectivity index (χ0v) is 13.1. The summed E-state index contributed by atoms with van der Waals surface area (Å²) in [4.78, 5) is 13.9. The van der Waals surface area contributed by atoms with Gasteiger partial charge in [0, 0.05) is 19.7 Å². The first kappa shape index (κ1) is 14.3. The topological polar surface area (TPSA) is 20.3 Å². The normalized spacial score (nSPS) is 10.7. The molecule has 3 aromatic carbocycles. The van der Waals surface area contributed by atoms with Gasteiger partial charge in [0.25, 0.3) is 5.91 Å². The molecule has 0 aliphatic heterocycles. The van der Waals surface area contributed by atoms with Crippen LogP contribution in [0.2, 0.25) is 0 Å². The molecule has 0 aliphatic carbocycles. The van der Waals surface area contributed by atoms with Crippen LogP contribution in [0.25, 0.3) is 21.9 Å². The zero-order chi connectivity index (χ0) is 15.7. The molecule has 1 amide bonds. The third-order valence-corrected chi connectivity index (χ3v) is 3.90. The maximum absolute atomic E-state index is 12.3. The Morgan fingerprint density at radius 3 is 2.23 bits per heavy atom. The lowest BCUT2D eigenvalue weighted by atomic mass is 9.97. The summed E-state index contributed by atoms with van der Waals surface area (Å²) in [6, 6.07) is 20.6. The fourth-order valence-electron chi connectivity index (χ4n) is 2.64. The lowest BCUT2D eigenvalue weighted by Crippen LogP contribution is -2.21. The molecule has 3 rings (SSSR count). The Kier molecular flexibility index (Phi) is 3.68. The molecule has 0 spiro atoms. The van der Waals surface area contributed by atoms with Crippen LogP contribution in [0.1, 0.15) is 15.9 Å². The summed E-state index contributed by atoms with van der Waals surface area (Å²) in [7, 11) is 3.56. The van der Waals surface area contributed by atoms with Gasteiger partial charge in [0.05, 0.1) is 0 Å². The fraction of sp³-hybridized carbons (Fsp3) is 0.150. The minimum atomic E-state index is 0.0358. The largest absolute Gasteiger partial charge is 0.345 e. The number of rotatable bonds is 2. The summed E-state index contributed by atoms with van der Waals surface area (Å²) in [5.74, 6) is 0.0358. The van der Waals surface area contributed by atoms with Gasteiger partial charge in [-0.25, -0.2) is 0 Å². The minimum absolute atomic E-state index is 0.0358. The van der Waals surface area contributed by atoms with Gasteiger partial charge in [0.2, 0.25) is 0 Å². The van der Waals surface area contributed by atoms with Crippen molar-refractivity contribution in [3.8, 4) is 11.1 Å². The van der Waals surface area contributed by atoms with Gasteiger partial charge >= 0.3 is 0 Å². The highest BCUT2D eigenvalue weighted by Gasteiger charge is 2.12. The van der Waals surface area contributed by atoms with Crippen LogP contribution in [0.3, 0.4) is 0 Å². The third-order valence-electron chi connectivity index (χ3n) is 3.90.